The average Bonchev–Trinajstić information content (AvgIpc) is 2.54. The molecule has 2 aromatic rings. The Bertz CT molecular complexity index is 713. The molecule has 1 unspecified atom stereocenters. The highest BCUT2D eigenvalue weighted by Crippen LogP contribution is 2.23. The molecule has 5 heteroatoms. The van der Waals surface area contributed by atoms with Crippen LogP contribution >= 0.6 is 11.8 Å². The summed E-state index contributed by atoms with van der Waals surface area (Å²) in [7, 11) is 4.04. The minimum Gasteiger partial charge on any atom is -0.303 e. The number of aromatic nitrogens is 2. The van der Waals surface area contributed by atoms with Crippen molar-refractivity contribution in [3.63, 3.8) is 0 Å². The largest absolute Gasteiger partial charge is 0.303 e. The first-order valence-electron chi connectivity index (χ1n) is 7.95. The lowest BCUT2D eigenvalue weighted by Crippen LogP contribution is -2.36. The van der Waals surface area contributed by atoms with Gasteiger partial charge in [-0.25, -0.2) is 4.98 Å². The summed E-state index contributed by atoms with van der Waals surface area (Å²) in [4.78, 5) is 19.5. The fourth-order valence-corrected chi connectivity index (χ4v) is 4.13. The van der Waals surface area contributed by atoms with Gasteiger partial charge in [0.1, 0.15) is 0 Å². The Labute approximate surface area is 135 Å². The van der Waals surface area contributed by atoms with E-state index in [4.69, 9.17) is 0 Å². The van der Waals surface area contributed by atoms with Gasteiger partial charge >= 0.3 is 0 Å². The zero-order chi connectivity index (χ0) is 15.5. The SMILES string of the molecule is CN1CCCCC1CCSc1nc2ccccc2c(=O)n1C. The molecule has 3 rings (SSSR count). The molecule has 1 aromatic heterocycles. The molecule has 0 N–H and O–H groups in total. The molecule has 0 bridgehead atoms. The van der Waals surface area contributed by atoms with Crippen molar-refractivity contribution in [3.8, 4) is 0 Å². The van der Waals surface area contributed by atoms with Crippen LogP contribution in [-0.2, 0) is 7.05 Å². The van der Waals surface area contributed by atoms with Crippen LogP contribution in [-0.4, -0.2) is 39.8 Å². The van der Waals surface area contributed by atoms with Crippen LogP contribution in [0.4, 0.5) is 0 Å². The van der Waals surface area contributed by atoms with Crippen molar-refractivity contribution in [1.82, 2.24) is 14.5 Å². The number of hydrogen-bond donors (Lipinski definition) is 0. The van der Waals surface area contributed by atoms with Crippen LogP contribution in [0, 0.1) is 0 Å². The Balaban J connectivity index is 1.71. The molecule has 0 amide bonds. The molecule has 1 aromatic carbocycles. The van der Waals surface area contributed by atoms with E-state index in [2.05, 4.69) is 16.9 Å². The minimum atomic E-state index is 0.0443. The first-order chi connectivity index (χ1) is 10.7. The zero-order valence-electron chi connectivity index (χ0n) is 13.3. The highest BCUT2D eigenvalue weighted by molar-refractivity contribution is 7.99. The number of nitrogens with zero attached hydrogens (tertiary/aromatic N) is 3. The van der Waals surface area contributed by atoms with Gasteiger partial charge < -0.3 is 4.90 Å². The predicted octanol–water partition coefficient (Wildman–Crippen LogP) is 2.90. The molecule has 1 saturated heterocycles. The Morgan fingerprint density at radius 1 is 1.27 bits per heavy atom. The zero-order valence-corrected chi connectivity index (χ0v) is 14.1. The van der Waals surface area contributed by atoms with Crippen molar-refractivity contribution < 1.29 is 0 Å². The van der Waals surface area contributed by atoms with E-state index in [1.165, 1.54) is 25.8 Å². The summed E-state index contributed by atoms with van der Waals surface area (Å²) in [5.74, 6) is 1.01. The van der Waals surface area contributed by atoms with E-state index in [9.17, 15) is 4.79 Å². The summed E-state index contributed by atoms with van der Waals surface area (Å²) in [6, 6.07) is 8.25. The second-order valence-electron chi connectivity index (χ2n) is 6.04. The third-order valence-electron chi connectivity index (χ3n) is 4.55. The molecule has 4 nitrogen and oxygen atoms in total. The second-order valence-corrected chi connectivity index (χ2v) is 7.11. The van der Waals surface area contributed by atoms with Crippen LogP contribution in [0.2, 0.25) is 0 Å². The monoisotopic (exact) mass is 317 g/mol. The van der Waals surface area contributed by atoms with E-state index in [1.54, 1.807) is 16.3 Å². The molecule has 2 heterocycles. The molecule has 0 spiro atoms. The van der Waals surface area contributed by atoms with Gasteiger partial charge in [0, 0.05) is 18.8 Å². The molecule has 0 aliphatic carbocycles. The second kappa shape index (κ2) is 6.84. The first kappa shape index (κ1) is 15.6. The average molecular weight is 317 g/mol. The minimum absolute atomic E-state index is 0.0443. The summed E-state index contributed by atoms with van der Waals surface area (Å²) in [5.41, 5.74) is 0.839. The molecular formula is C17H23N3OS. The number of hydrogen-bond acceptors (Lipinski definition) is 4. The summed E-state index contributed by atoms with van der Waals surface area (Å²) in [6.07, 6.45) is 5.11. The van der Waals surface area contributed by atoms with Gasteiger partial charge in [-0.1, -0.05) is 30.3 Å². The Hall–Kier alpha value is -1.33. The number of likely N-dealkylation sites (tertiary alicyclic amines) is 1. The fourth-order valence-electron chi connectivity index (χ4n) is 3.12. The number of para-hydroxylation sites is 1. The van der Waals surface area contributed by atoms with Crippen LogP contribution in [0.25, 0.3) is 10.9 Å². The number of benzene rings is 1. The smallest absolute Gasteiger partial charge is 0.261 e. The van der Waals surface area contributed by atoms with Gasteiger partial charge in [0.25, 0.3) is 5.56 Å². The van der Waals surface area contributed by atoms with Crippen LogP contribution in [0.3, 0.4) is 0 Å². The van der Waals surface area contributed by atoms with Gasteiger partial charge in [-0.2, -0.15) is 0 Å². The van der Waals surface area contributed by atoms with Crippen molar-refractivity contribution in [2.24, 2.45) is 7.05 Å². The van der Waals surface area contributed by atoms with Crippen LogP contribution in [0.5, 0.6) is 0 Å². The molecule has 22 heavy (non-hydrogen) atoms. The molecule has 1 aliphatic rings. The molecule has 0 saturated carbocycles. The maximum absolute atomic E-state index is 12.4. The van der Waals surface area contributed by atoms with Gasteiger partial charge in [-0.3, -0.25) is 9.36 Å². The Morgan fingerprint density at radius 3 is 2.91 bits per heavy atom. The van der Waals surface area contributed by atoms with Crippen molar-refractivity contribution >= 4 is 22.7 Å². The van der Waals surface area contributed by atoms with E-state index in [0.717, 1.165) is 22.8 Å². The van der Waals surface area contributed by atoms with E-state index in [1.807, 2.05) is 31.3 Å². The Kier molecular flexibility index (Phi) is 4.84. The van der Waals surface area contributed by atoms with Crippen molar-refractivity contribution in [2.75, 3.05) is 19.3 Å². The third-order valence-corrected chi connectivity index (χ3v) is 5.61. The molecule has 1 aliphatic heterocycles. The van der Waals surface area contributed by atoms with Crippen LogP contribution in [0.15, 0.2) is 34.2 Å². The van der Waals surface area contributed by atoms with Crippen LogP contribution < -0.4 is 5.56 Å². The quantitative estimate of drug-likeness (QED) is 0.642. The van der Waals surface area contributed by atoms with E-state index < -0.39 is 0 Å². The highest BCUT2D eigenvalue weighted by atomic mass is 32.2. The number of fused-ring (bicyclic) bond motifs is 1. The molecular weight excluding hydrogens is 294 g/mol. The predicted molar refractivity (Wildman–Crippen MR) is 92.6 cm³/mol. The normalized spacial score (nSPS) is 19.6. The van der Waals surface area contributed by atoms with Gasteiger partial charge in [-0.05, 0) is 45.0 Å². The van der Waals surface area contributed by atoms with Crippen molar-refractivity contribution in [1.29, 1.82) is 0 Å². The lowest BCUT2D eigenvalue weighted by molar-refractivity contribution is 0.182. The summed E-state index contributed by atoms with van der Waals surface area (Å²) in [6.45, 7) is 1.21. The number of thioether (sulfide) groups is 1. The van der Waals surface area contributed by atoms with Gasteiger partial charge in [-0.15, -0.1) is 0 Å². The van der Waals surface area contributed by atoms with E-state index in [-0.39, 0.29) is 5.56 Å². The van der Waals surface area contributed by atoms with Gasteiger partial charge in [0.05, 0.1) is 10.9 Å². The summed E-state index contributed by atoms with van der Waals surface area (Å²) >= 11 is 1.70. The topological polar surface area (TPSA) is 38.1 Å². The standard InChI is InChI=1S/C17H23N3OS/c1-19-11-6-5-7-13(19)10-12-22-17-18-15-9-4-3-8-14(15)16(21)20(17)2/h3-4,8-9,13H,5-7,10-12H2,1-2H3. The van der Waals surface area contributed by atoms with E-state index >= 15 is 0 Å². The first-order valence-corrected chi connectivity index (χ1v) is 8.94. The number of piperidine rings is 1. The van der Waals surface area contributed by atoms with E-state index in [0.29, 0.717) is 11.4 Å². The fraction of sp³-hybridized carbons (Fsp3) is 0.529. The van der Waals surface area contributed by atoms with Gasteiger partial charge in [0.2, 0.25) is 0 Å². The number of rotatable bonds is 4. The van der Waals surface area contributed by atoms with Crippen molar-refractivity contribution in [3.05, 3.63) is 34.6 Å². The molecule has 0 radical (unpaired) electrons. The lowest BCUT2D eigenvalue weighted by atomic mass is 10.0. The molecule has 118 valence electrons. The molecule has 1 fully saturated rings. The molecule has 1 atom stereocenters. The van der Waals surface area contributed by atoms with Crippen LogP contribution in [0.1, 0.15) is 25.7 Å². The highest BCUT2D eigenvalue weighted by Gasteiger charge is 2.18. The third kappa shape index (κ3) is 3.20. The maximum Gasteiger partial charge on any atom is 0.261 e. The van der Waals surface area contributed by atoms with Crippen molar-refractivity contribution in [2.45, 2.75) is 36.9 Å². The maximum atomic E-state index is 12.4. The summed E-state index contributed by atoms with van der Waals surface area (Å²) in [5, 5.41) is 1.52. The Morgan fingerprint density at radius 2 is 2.09 bits per heavy atom. The lowest BCUT2D eigenvalue weighted by Gasteiger charge is -2.32. The van der Waals surface area contributed by atoms with Gasteiger partial charge in [0.15, 0.2) is 5.16 Å². The summed E-state index contributed by atoms with van der Waals surface area (Å²) < 4.78 is 1.68.